The Morgan fingerprint density at radius 2 is 1.84 bits per heavy atom. The van der Waals surface area contributed by atoms with Crippen LogP contribution >= 0.6 is 0 Å². The summed E-state index contributed by atoms with van der Waals surface area (Å²) < 4.78 is 2.42. The number of nitrogens with zero attached hydrogens (tertiary/aromatic N) is 1. The van der Waals surface area contributed by atoms with Gasteiger partial charge in [-0.1, -0.05) is 54.6 Å². The van der Waals surface area contributed by atoms with Crippen molar-refractivity contribution in [1.29, 1.82) is 0 Å². The van der Waals surface area contributed by atoms with E-state index in [0.29, 0.717) is 5.92 Å². The summed E-state index contributed by atoms with van der Waals surface area (Å²) in [6.07, 6.45) is 16.9. The summed E-state index contributed by atoms with van der Waals surface area (Å²) in [6.45, 7) is 0. The second-order valence-electron chi connectivity index (χ2n) is 6.91. The lowest BCUT2D eigenvalue weighted by Crippen LogP contribution is -1.99. The number of aryl methyl sites for hydroxylation is 1. The maximum Gasteiger partial charge on any atom is 0.0537 e. The second-order valence-corrected chi connectivity index (χ2v) is 6.91. The zero-order chi connectivity index (χ0) is 16.6. The minimum absolute atomic E-state index is 0.504. The molecule has 1 atom stereocenters. The molecule has 1 unspecified atom stereocenters. The lowest BCUT2D eigenvalue weighted by molar-refractivity contribution is 0.855. The molecule has 1 heterocycles. The first-order valence-corrected chi connectivity index (χ1v) is 9.14. The third kappa shape index (κ3) is 2.39. The van der Waals surface area contributed by atoms with E-state index >= 15 is 0 Å². The van der Waals surface area contributed by atoms with Gasteiger partial charge >= 0.3 is 0 Å². The standard InChI is InChI=1S/C24H21N/c1-3-9-18(10-4-1)19-15-16-24-22(17-19)21-13-7-8-14-23(21)25(24)20-11-5-2-6-12-20/h1-6,8-9,11-12,14-18H,7,10,13H2. The van der Waals surface area contributed by atoms with E-state index in [1.54, 1.807) is 0 Å². The molecule has 0 radical (unpaired) electrons. The summed E-state index contributed by atoms with van der Waals surface area (Å²) in [5, 5.41) is 1.42. The van der Waals surface area contributed by atoms with E-state index in [1.165, 1.54) is 33.4 Å². The smallest absolute Gasteiger partial charge is 0.0537 e. The van der Waals surface area contributed by atoms with Crippen molar-refractivity contribution >= 4 is 17.0 Å². The van der Waals surface area contributed by atoms with Crippen molar-refractivity contribution in [1.82, 2.24) is 4.57 Å². The first kappa shape index (κ1) is 14.5. The van der Waals surface area contributed by atoms with Crippen LogP contribution in [0.15, 0.2) is 78.9 Å². The van der Waals surface area contributed by atoms with Crippen LogP contribution in [0.4, 0.5) is 0 Å². The zero-order valence-electron chi connectivity index (χ0n) is 14.2. The van der Waals surface area contributed by atoms with E-state index in [9.17, 15) is 0 Å². The maximum absolute atomic E-state index is 2.43. The van der Waals surface area contributed by atoms with Crippen LogP contribution in [-0.4, -0.2) is 4.57 Å². The average molecular weight is 323 g/mol. The Balaban J connectivity index is 1.74. The Morgan fingerprint density at radius 1 is 0.920 bits per heavy atom. The van der Waals surface area contributed by atoms with Gasteiger partial charge < -0.3 is 4.57 Å². The van der Waals surface area contributed by atoms with E-state index in [-0.39, 0.29) is 0 Å². The first-order chi connectivity index (χ1) is 12.4. The highest BCUT2D eigenvalue weighted by Crippen LogP contribution is 2.36. The van der Waals surface area contributed by atoms with E-state index < -0.39 is 0 Å². The van der Waals surface area contributed by atoms with Crippen LogP contribution in [0.5, 0.6) is 0 Å². The Kier molecular flexibility index (Phi) is 3.45. The molecule has 1 nitrogen and oxygen atoms in total. The van der Waals surface area contributed by atoms with Crippen molar-refractivity contribution in [3.8, 4) is 5.69 Å². The number of rotatable bonds is 2. The van der Waals surface area contributed by atoms with Gasteiger partial charge in [0.1, 0.15) is 0 Å². The van der Waals surface area contributed by atoms with Gasteiger partial charge in [-0.15, -0.1) is 0 Å². The van der Waals surface area contributed by atoms with Crippen LogP contribution in [0, 0.1) is 0 Å². The summed E-state index contributed by atoms with van der Waals surface area (Å²) in [5.41, 5.74) is 6.84. The summed E-state index contributed by atoms with van der Waals surface area (Å²) in [5.74, 6) is 0.504. The molecular formula is C24H21N. The molecule has 0 amide bonds. The van der Waals surface area contributed by atoms with E-state index in [0.717, 1.165) is 19.3 Å². The Hall–Kier alpha value is -2.80. The molecule has 0 saturated carbocycles. The van der Waals surface area contributed by atoms with E-state index in [2.05, 4.69) is 89.6 Å². The minimum Gasteiger partial charge on any atom is -0.310 e. The van der Waals surface area contributed by atoms with Gasteiger partial charge in [-0.25, -0.2) is 0 Å². The van der Waals surface area contributed by atoms with Crippen molar-refractivity contribution < 1.29 is 0 Å². The van der Waals surface area contributed by atoms with Gasteiger partial charge in [0.2, 0.25) is 0 Å². The van der Waals surface area contributed by atoms with Gasteiger partial charge in [0.05, 0.1) is 5.52 Å². The Labute approximate surface area is 148 Å². The molecule has 0 aliphatic heterocycles. The predicted molar refractivity (Wildman–Crippen MR) is 106 cm³/mol. The first-order valence-electron chi connectivity index (χ1n) is 9.14. The highest BCUT2D eigenvalue weighted by atomic mass is 15.0. The van der Waals surface area contributed by atoms with Crippen molar-refractivity contribution in [2.24, 2.45) is 0 Å². The molecule has 0 spiro atoms. The molecule has 5 rings (SSSR count). The minimum atomic E-state index is 0.504. The number of hydrogen-bond donors (Lipinski definition) is 0. The lowest BCUT2D eigenvalue weighted by Gasteiger charge is -2.14. The number of aromatic nitrogens is 1. The molecule has 0 saturated heterocycles. The average Bonchev–Trinajstić information content (AvgIpc) is 3.03. The van der Waals surface area contributed by atoms with Crippen LogP contribution in [0.3, 0.4) is 0 Å². The molecule has 2 aliphatic carbocycles. The molecule has 0 bridgehead atoms. The lowest BCUT2D eigenvalue weighted by atomic mass is 9.91. The van der Waals surface area contributed by atoms with E-state index in [1.807, 2.05) is 0 Å². The van der Waals surface area contributed by atoms with Crippen LogP contribution in [0.25, 0.3) is 22.7 Å². The van der Waals surface area contributed by atoms with Crippen molar-refractivity contribution in [3.63, 3.8) is 0 Å². The topological polar surface area (TPSA) is 4.93 Å². The van der Waals surface area contributed by atoms with Crippen molar-refractivity contribution in [2.75, 3.05) is 0 Å². The number of allylic oxidation sites excluding steroid dienone is 5. The van der Waals surface area contributed by atoms with Gasteiger partial charge in [0.25, 0.3) is 0 Å². The number of benzene rings is 2. The Bertz CT molecular complexity index is 1020. The molecule has 3 aromatic rings. The summed E-state index contributed by atoms with van der Waals surface area (Å²) >= 11 is 0. The van der Waals surface area contributed by atoms with Crippen LogP contribution in [-0.2, 0) is 6.42 Å². The molecule has 0 N–H and O–H groups in total. The largest absolute Gasteiger partial charge is 0.310 e. The van der Waals surface area contributed by atoms with Gasteiger partial charge in [-0.2, -0.15) is 0 Å². The van der Waals surface area contributed by atoms with Crippen LogP contribution in [0.1, 0.15) is 35.6 Å². The monoisotopic (exact) mass is 323 g/mol. The SMILES string of the molecule is C1=CCC(c2ccc3c(c2)c2c(n3-c3ccccc3)C=CCC2)C=C1. The molecule has 2 aromatic carbocycles. The van der Waals surface area contributed by atoms with Crippen LogP contribution in [0.2, 0.25) is 0 Å². The van der Waals surface area contributed by atoms with Gasteiger partial charge in [-0.3, -0.25) is 0 Å². The van der Waals surface area contributed by atoms with Crippen molar-refractivity contribution in [2.45, 2.75) is 25.2 Å². The molecule has 122 valence electrons. The summed E-state index contributed by atoms with van der Waals surface area (Å²) in [6, 6.07) is 17.8. The molecule has 2 aliphatic rings. The van der Waals surface area contributed by atoms with E-state index in [4.69, 9.17) is 0 Å². The van der Waals surface area contributed by atoms with Crippen molar-refractivity contribution in [3.05, 3.63) is 95.7 Å². The summed E-state index contributed by atoms with van der Waals surface area (Å²) in [7, 11) is 0. The normalized spacial score (nSPS) is 18.6. The highest BCUT2D eigenvalue weighted by Gasteiger charge is 2.19. The predicted octanol–water partition coefficient (Wildman–Crippen LogP) is 6.19. The fraction of sp³-hybridized carbons (Fsp3) is 0.167. The quantitative estimate of drug-likeness (QED) is 0.530. The number of fused-ring (bicyclic) bond motifs is 3. The fourth-order valence-electron chi connectivity index (χ4n) is 4.17. The third-order valence-electron chi connectivity index (χ3n) is 5.40. The number of hydrogen-bond acceptors (Lipinski definition) is 0. The second kappa shape index (κ2) is 5.93. The molecule has 0 fully saturated rings. The molecule has 1 heteroatoms. The Morgan fingerprint density at radius 3 is 2.68 bits per heavy atom. The van der Waals surface area contributed by atoms with Gasteiger partial charge in [0, 0.05) is 22.7 Å². The van der Waals surface area contributed by atoms with Gasteiger partial charge in [-0.05, 0) is 60.7 Å². The van der Waals surface area contributed by atoms with Gasteiger partial charge in [0.15, 0.2) is 0 Å². The molecule has 25 heavy (non-hydrogen) atoms. The maximum atomic E-state index is 2.43. The molecular weight excluding hydrogens is 302 g/mol. The number of para-hydroxylation sites is 1. The molecule has 1 aromatic heterocycles. The third-order valence-corrected chi connectivity index (χ3v) is 5.40. The fourth-order valence-corrected chi connectivity index (χ4v) is 4.17. The summed E-state index contributed by atoms with van der Waals surface area (Å²) in [4.78, 5) is 0. The highest BCUT2D eigenvalue weighted by molar-refractivity contribution is 5.91. The van der Waals surface area contributed by atoms with Crippen LogP contribution < -0.4 is 0 Å². The zero-order valence-corrected chi connectivity index (χ0v) is 14.2.